The third kappa shape index (κ3) is 15.9. The van der Waals surface area contributed by atoms with Crippen molar-refractivity contribution in [1.82, 2.24) is 0 Å². The standard InChI is InChI=1S/C3H4O3.Na.Zn.H/c1-3(5)6-2-4;;;/h2H,1H3;;;/q;+1;;-1. The van der Waals surface area contributed by atoms with Gasteiger partial charge in [0.25, 0.3) is 0 Å². The van der Waals surface area contributed by atoms with E-state index in [0.29, 0.717) is 0 Å². The van der Waals surface area contributed by atoms with Crippen LogP contribution in [0.15, 0.2) is 0 Å². The predicted molar refractivity (Wildman–Crippen MR) is 18.9 cm³/mol. The van der Waals surface area contributed by atoms with E-state index < -0.39 is 5.97 Å². The second kappa shape index (κ2) is 10.7. The number of hydrogen-bond donors (Lipinski definition) is 0. The summed E-state index contributed by atoms with van der Waals surface area (Å²) in [5, 5.41) is 0. The van der Waals surface area contributed by atoms with Crippen LogP contribution >= 0.6 is 0 Å². The van der Waals surface area contributed by atoms with Crippen LogP contribution in [0.2, 0.25) is 0 Å². The van der Waals surface area contributed by atoms with Crippen LogP contribution < -0.4 is 29.6 Å². The van der Waals surface area contributed by atoms with E-state index in [1.54, 1.807) is 0 Å². The van der Waals surface area contributed by atoms with Crippen molar-refractivity contribution in [1.29, 1.82) is 0 Å². The maximum absolute atomic E-state index is 9.59. The number of esters is 1. The minimum atomic E-state index is -0.579. The molecule has 0 rings (SSSR count). The molecule has 3 nitrogen and oxygen atoms in total. The van der Waals surface area contributed by atoms with Crippen LogP contribution in [0.5, 0.6) is 0 Å². The first-order chi connectivity index (χ1) is 2.77. The summed E-state index contributed by atoms with van der Waals surface area (Å²) in [6.45, 7) is 1.26. The first-order valence-electron chi connectivity index (χ1n) is 1.38. The topological polar surface area (TPSA) is 43.4 Å². The molecular weight excluding hydrogens is 172 g/mol. The van der Waals surface area contributed by atoms with Crippen LogP contribution in [0.25, 0.3) is 0 Å². The molecule has 0 heterocycles. The van der Waals surface area contributed by atoms with Crippen LogP contribution in [0.3, 0.4) is 0 Å². The monoisotopic (exact) mass is 176 g/mol. The molecule has 8 heavy (non-hydrogen) atoms. The smallest absolute Gasteiger partial charge is 1.00 e. The summed E-state index contributed by atoms with van der Waals surface area (Å²) in [7, 11) is 0. The van der Waals surface area contributed by atoms with Gasteiger partial charge in [-0.1, -0.05) is 0 Å². The van der Waals surface area contributed by atoms with Crippen molar-refractivity contribution in [3.8, 4) is 0 Å². The van der Waals surface area contributed by atoms with E-state index in [4.69, 9.17) is 0 Å². The molecule has 0 amide bonds. The summed E-state index contributed by atoms with van der Waals surface area (Å²) >= 11 is 0. The van der Waals surface area contributed by atoms with Gasteiger partial charge in [-0.15, -0.1) is 0 Å². The van der Waals surface area contributed by atoms with Gasteiger partial charge in [-0.3, -0.25) is 9.59 Å². The molecule has 0 aliphatic rings. The molecule has 0 unspecified atom stereocenters. The van der Waals surface area contributed by atoms with Gasteiger partial charge in [0, 0.05) is 26.4 Å². The van der Waals surface area contributed by atoms with Crippen molar-refractivity contribution in [2.75, 3.05) is 0 Å². The zero-order chi connectivity index (χ0) is 4.99. The summed E-state index contributed by atoms with van der Waals surface area (Å²) in [5.41, 5.74) is 0. The van der Waals surface area contributed by atoms with Crippen LogP contribution in [0.4, 0.5) is 0 Å². The van der Waals surface area contributed by atoms with E-state index in [1.165, 1.54) is 0 Å². The molecule has 0 aromatic heterocycles. The third-order valence-electron chi connectivity index (χ3n) is 0.214. The molecule has 0 aromatic carbocycles. The Morgan fingerprint density at radius 1 is 1.75 bits per heavy atom. The number of carbonyl (C=O) groups is 2. The fourth-order valence-corrected chi connectivity index (χ4v) is 0.0678. The number of ether oxygens (including phenoxy) is 1. The average molecular weight is 177 g/mol. The van der Waals surface area contributed by atoms with Gasteiger partial charge in [0.05, 0.1) is 0 Å². The molecule has 0 bridgehead atoms. The quantitative estimate of drug-likeness (QED) is 0.184. The van der Waals surface area contributed by atoms with Crippen molar-refractivity contribution in [3.63, 3.8) is 0 Å². The van der Waals surface area contributed by atoms with Crippen LogP contribution in [0, 0.1) is 0 Å². The molecule has 0 atom stereocenters. The summed E-state index contributed by atoms with van der Waals surface area (Å²) < 4.78 is 3.72. The first-order valence-corrected chi connectivity index (χ1v) is 1.38. The maximum Gasteiger partial charge on any atom is 1.00 e. The minimum absolute atomic E-state index is 0. The van der Waals surface area contributed by atoms with E-state index in [1.807, 2.05) is 0 Å². The molecule has 0 N–H and O–H groups in total. The van der Waals surface area contributed by atoms with E-state index in [2.05, 4.69) is 4.74 Å². The third-order valence-corrected chi connectivity index (χ3v) is 0.214. The Balaban J connectivity index is -0.0000000417. The first kappa shape index (κ1) is 15.9. The molecule has 0 aromatic rings. The Kier molecular flexibility index (Phi) is 21.2. The van der Waals surface area contributed by atoms with Gasteiger partial charge in [-0.05, 0) is 0 Å². The van der Waals surface area contributed by atoms with Crippen LogP contribution in [0.1, 0.15) is 8.35 Å². The zero-order valence-corrected chi connectivity index (χ0v) is 9.98. The van der Waals surface area contributed by atoms with Crippen molar-refractivity contribution in [2.45, 2.75) is 6.92 Å². The molecular formula is C3H5NaO3Zn. The molecule has 0 aliphatic carbocycles. The largest absolute Gasteiger partial charge is 1.00 e. The molecule has 0 saturated heterocycles. The van der Waals surface area contributed by atoms with Gasteiger partial charge in [-0.2, -0.15) is 0 Å². The predicted octanol–water partition coefficient (Wildman–Crippen LogP) is -3.18. The fourth-order valence-electron chi connectivity index (χ4n) is 0.0678. The fraction of sp³-hybridized carbons (Fsp3) is 0.333. The molecule has 5 heteroatoms. The van der Waals surface area contributed by atoms with E-state index in [9.17, 15) is 9.59 Å². The minimum Gasteiger partial charge on any atom is -1.00 e. The van der Waals surface area contributed by atoms with Gasteiger partial charge in [0.15, 0.2) is 0 Å². The SMILES string of the molecule is CC(=O)OC=O.[H-].[Na+].[Zn]. The van der Waals surface area contributed by atoms with Crippen molar-refractivity contribution in [3.05, 3.63) is 0 Å². The zero-order valence-electron chi connectivity index (χ0n) is 6.01. The Morgan fingerprint density at radius 2 is 2.12 bits per heavy atom. The van der Waals surface area contributed by atoms with E-state index in [0.717, 1.165) is 6.92 Å². The average Bonchev–Trinajstić information content (AvgIpc) is 1.35. The van der Waals surface area contributed by atoms with Gasteiger partial charge < -0.3 is 6.16 Å². The number of rotatable bonds is 1. The van der Waals surface area contributed by atoms with Crippen LogP contribution in [-0.2, 0) is 33.8 Å². The van der Waals surface area contributed by atoms with E-state index >= 15 is 0 Å². The molecule has 38 valence electrons. The Morgan fingerprint density at radius 3 is 2.12 bits per heavy atom. The Labute approximate surface area is 83.7 Å². The second-order valence-corrected chi connectivity index (χ2v) is 0.706. The molecule has 0 spiro atoms. The maximum atomic E-state index is 9.59. The van der Waals surface area contributed by atoms with Crippen molar-refractivity contribution < 1.29 is 64.8 Å². The Hall–Kier alpha value is 0.763. The molecule has 0 aliphatic heterocycles. The second-order valence-electron chi connectivity index (χ2n) is 0.706. The van der Waals surface area contributed by atoms with Crippen molar-refractivity contribution >= 4 is 12.4 Å². The Bertz CT molecular complexity index is 79.5. The summed E-state index contributed by atoms with van der Waals surface area (Å²) in [4.78, 5) is 18.8. The van der Waals surface area contributed by atoms with Gasteiger partial charge in [0.2, 0.25) is 0 Å². The summed E-state index contributed by atoms with van der Waals surface area (Å²) in [6, 6.07) is 0. The van der Waals surface area contributed by atoms with E-state index in [-0.39, 0.29) is 56.9 Å². The normalized spacial score (nSPS) is 5.12. The van der Waals surface area contributed by atoms with Gasteiger partial charge in [-0.25, -0.2) is 0 Å². The number of hydrogen-bond acceptors (Lipinski definition) is 3. The van der Waals surface area contributed by atoms with Gasteiger partial charge >= 0.3 is 42.0 Å². The summed E-state index contributed by atoms with van der Waals surface area (Å²) in [6.07, 6.45) is 0. The molecule has 0 saturated carbocycles. The number of carbonyl (C=O) groups excluding carboxylic acids is 2. The van der Waals surface area contributed by atoms with Crippen LogP contribution in [-0.4, -0.2) is 12.4 Å². The molecule has 0 fully saturated rings. The van der Waals surface area contributed by atoms with Gasteiger partial charge in [0.1, 0.15) is 0 Å². The molecule has 0 radical (unpaired) electrons. The summed E-state index contributed by atoms with van der Waals surface area (Å²) in [5.74, 6) is -0.579. The van der Waals surface area contributed by atoms with Crippen molar-refractivity contribution in [2.24, 2.45) is 0 Å².